The van der Waals surface area contributed by atoms with Crippen molar-refractivity contribution in [2.45, 2.75) is 13.0 Å². The Morgan fingerprint density at radius 1 is 1.07 bits per heavy atom. The Balaban J connectivity index is 1.69. The molecule has 7 nitrogen and oxygen atoms in total. The number of amides is 2. The number of rotatable bonds is 6. The number of nitrogens with zero attached hydrogens (tertiary/aromatic N) is 3. The Kier molecular flexibility index (Phi) is 4.52. The summed E-state index contributed by atoms with van der Waals surface area (Å²) in [6, 6.07) is 9.82. The molecule has 0 aliphatic carbocycles. The summed E-state index contributed by atoms with van der Waals surface area (Å²) in [4.78, 5) is 32.0. The number of fused-ring (bicyclic) bond motifs is 2. The smallest absolute Gasteiger partial charge is 0.261 e. The van der Waals surface area contributed by atoms with Crippen molar-refractivity contribution in [3.63, 3.8) is 0 Å². The van der Waals surface area contributed by atoms with Crippen LogP contribution in [0.5, 0.6) is 0 Å². The maximum absolute atomic E-state index is 12.9. The predicted molar refractivity (Wildman–Crippen MR) is 119 cm³/mol. The second-order valence-corrected chi connectivity index (χ2v) is 8.56. The highest BCUT2D eigenvalue weighted by Crippen LogP contribution is 2.38. The van der Waals surface area contributed by atoms with Crippen LogP contribution in [-0.4, -0.2) is 52.1 Å². The fourth-order valence-corrected chi connectivity index (χ4v) is 4.78. The maximum Gasteiger partial charge on any atom is 0.261 e. The molecule has 2 N–H and O–H groups in total. The molecule has 0 radical (unpaired) electrons. The van der Waals surface area contributed by atoms with Crippen molar-refractivity contribution in [3.8, 4) is 0 Å². The molecule has 4 heterocycles. The lowest BCUT2D eigenvalue weighted by atomic mass is 9.98. The van der Waals surface area contributed by atoms with E-state index >= 15 is 0 Å². The number of H-pyrrole nitrogens is 1. The van der Waals surface area contributed by atoms with Gasteiger partial charge < -0.3 is 9.88 Å². The Hall–Kier alpha value is -3.23. The van der Waals surface area contributed by atoms with Crippen LogP contribution in [0.25, 0.3) is 32.3 Å². The highest BCUT2D eigenvalue weighted by molar-refractivity contribution is 7.16. The van der Waals surface area contributed by atoms with Crippen molar-refractivity contribution < 1.29 is 9.59 Å². The number of aromatic nitrogens is 3. The monoisotopic (exact) mass is 419 g/mol. The molecule has 152 valence electrons. The van der Waals surface area contributed by atoms with Crippen LogP contribution in [0.3, 0.4) is 0 Å². The highest BCUT2D eigenvalue weighted by Gasteiger charge is 2.36. The van der Waals surface area contributed by atoms with E-state index in [1.165, 1.54) is 0 Å². The lowest BCUT2D eigenvalue weighted by Gasteiger charge is -2.09. The number of aryl methyl sites for hydroxylation is 1. The summed E-state index contributed by atoms with van der Waals surface area (Å²) in [5.74, 6) is -0.781. The SMILES string of the molecule is CN(C)CCCn1nc(C2=C(c3c[nH]c4sccc34)C(=O)NC2=O)c2ccccc21. The molecule has 0 unspecified atom stereocenters. The van der Waals surface area contributed by atoms with E-state index in [2.05, 4.69) is 15.2 Å². The number of imide groups is 1. The standard InChI is InChI=1S/C22H21N5O2S/c1-26(2)9-5-10-27-16-7-4-3-6-14(16)19(25-27)18-17(20(28)24-21(18)29)15-12-23-22-13(15)8-11-30-22/h3-4,6-8,11-12,23H,5,9-10H2,1-2H3,(H,24,28,29). The summed E-state index contributed by atoms with van der Waals surface area (Å²) in [7, 11) is 4.08. The zero-order chi connectivity index (χ0) is 20.8. The maximum atomic E-state index is 12.9. The van der Waals surface area contributed by atoms with Crippen LogP contribution in [-0.2, 0) is 16.1 Å². The molecule has 0 saturated heterocycles. The molecule has 4 aromatic rings. The molecule has 1 aromatic carbocycles. The molecule has 0 saturated carbocycles. The van der Waals surface area contributed by atoms with Gasteiger partial charge in [-0.2, -0.15) is 5.10 Å². The second kappa shape index (κ2) is 7.23. The molecule has 8 heteroatoms. The third kappa shape index (κ3) is 2.96. The molecule has 2 amide bonds. The minimum Gasteiger partial charge on any atom is -0.352 e. The van der Waals surface area contributed by atoms with E-state index < -0.39 is 5.91 Å². The van der Waals surface area contributed by atoms with E-state index in [1.807, 2.05) is 54.5 Å². The van der Waals surface area contributed by atoms with Gasteiger partial charge in [-0.1, -0.05) is 18.2 Å². The molecule has 0 spiro atoms. The van der Waals surface area contributed by atoms with Gasteiger partial charge in [-0.25, -0.2) is 0 Å². The van der Waals surface area contributed by atoms with Crippen molar-refractivity contribution in [3.05, 3.63) is 53.2 Å². The summed E-state index contributed by atoms with van der Waals surface area (Å²) in [5, 5.41) is 11.1. The van der Waals surface area contributed by atoms with Crippen LogP contribution in [0.15, 0.2) is 41.9 Å². The Labute approximate surface area is 177 Å². The fraction of sp³-hybridized carbons (Fsp3) is 0.227. The van der Waals surface area contributed by atoms with Gasteiger partial charge in [-0.05, 0) is 44.6 Å². The number of carbonyl (C=O) groups is 2. The number of aromatic amines is 1. The predicted octanol–water partition coefficient (Wildman–Crippen LogP) is 3.10. The average Bonchev–Trinajstić information content (AvgIpc) is 3.45. The molecule has 5 rings (SSSR count). The lowest BCUT2D eigenvalue weighted by molar-refractivity contribution is -0.122. The van der Waals surface area contributed by atoms with Gasteiger partial charge in [0.05, 0.1) is 16.7 Å². The average molecular weight is 420 g/mol. The van der Waals surface area contributed by atoms with Gasteiger partial charge in [-0.3, -0.25) is 19.6 Å². The van der Waals surface area contributed by atoms with Crippen molar-refractivity contribution in [2.24, 2.45) is 0 Å². The van der Waals surface area contributed by atoms with Crippen molar-refractivity contribution >= 4 is 55.4 Å². The minimum absolute atomic E-state index is 0.342. The Morgan fingerprint density at radius 2 is 1.87 bits per heavy atom. The molecular formula is C22H21N5O2S. The van der Waals surface area contributed by atoms with Crippen LogP contribution >= 0.6 is 11.3 Å². The van der Waals surface area contributed by atoms with E-state index in [0.29, 0.717) is 16.8 Å². The van der Waals surface area contributed by atoms with Crippen molar-refractivity contribution in [2.75, 3.05) is 20.6 Å². The molecule has 30 heavy (non-hydrogen) atoms. The van der Waals surface area contributed by atoms with Crippen LogP contribution in [0.2, 0.25) is 0 Å². The number of hydrogen-bond acceptors (Lipinski definition) is 5. The Morgan fingerprint density at radius 3 is 2.70 bits per heavy atom. The molecule has 3 aromatic heterocycles. The van der Waals surface area contributed by atoms with Gasteiger partial charge in [-0.15, -0.1) is 11.3 Å². The van der Waals surface area contributed by atoms with E-state index in [4.69, 9.17) is 5.10 Å². The number of benzene rings is 1. The number of thiophene rings is 1. The largest absolute Gasteiger partial charge is 0.352 e. The zero-order valence-corrected chi connectivity index (χ0v) is 17.5. The highest BCUT2D eigenvalue weighted by atomic mass is 32.1. The first kappa shape index (κ1) is 18.8. The summed E-state index contributed by atoms with van der Waals surface area (Å²) in [6.07, 6.45) is 2.73. The van der Waals surface area contributed by atoms with E-state index in [0.717, 1.165) is 46.2 Å². The van der Waals surface area contributed by atoms with Gasteiger partial charge in [0.1, 0.15) is 10.5 Å². The van der Waals surface area contributed by atoms with Crippen LogP contribution in [0.4, 0.5) is 0 Å². The van der Waals surface area contributed by atoms with E-state index in [9.17, 15) is 9.59 Å². The number of para-hydroxylation sites is 1. The lowest BCUT2D eigenvalue weighted by Crippen LogP contribution is -2.22. The van der Waals surface area contributed by atoms with Gasteiger partial charge in [0, 0.05) is 29.1 Å². The normalized spacial score (nSPS) is 14.6. The van der Waals surface area contributed by atoms with Gasteiger partial charge >= 0.3 is 0 Å². The molecular weight excluding hydrogens is 398 g/mol. The minimum atomic E-state index is -0.400. The van der Waals surface area contributed by atoms with Gasteiger partial charge in [0.25, 0.3) is 11.8 Å². The second-order valence-electron chi connectivity index (χ2n) is 7.64. The molecule has 0 fully saturated rings. The third-order valence-electron chi connectivity index (χ3n) is 5.37. The van der Waals surface area contributed by atoms with Crippen molar-refractivity contribution in [1.29, 1.82) is 0 Å². The van der Waals surface area contributed by atoms with Crippen molar-refractivity contribution in [1.82, 2.24) is 25.0 Å². The quantitative estimate of drug-likeness (QED) is 0.471. The first-order valence-corrected chi connectivity index (χ1v) is 10.7. The van der Waals surface area contributed by atoms with Crippen LogP contribution < -0.4 is 5.32 Å². The molecule has 1 aliphatic rings. The number of carbonyl (C=O) groups excluding carboxylic acids is 2. The van der Waals surface area contributed by atoms with Crippen LogP contribution in [0, 0.1) is 0 Å². The summed E-state index contributed by atoms with van der Waals surface area (Å²) in [6.45, 7) is 1.67. The topological polar surface area (TPSA) is 83.0 Å². The zero-order valence-electron chi connectivity index (χ0n) is 16.7. The fourth-order valence-electron chi connectivity index (χ4n) is 4.01. The molecule has 0 bridgehead atoms. The van der Waals surface area contributed by atoms with Crippen LogP contribution in [0.1, 0.15) is 17.7 Å². The first-order chi connectivity index (χ1) is 14.5. The Bertz CT molecular complexity index is 1320. The molecule has 1 aliphatic heterocycles. The summed E-state index contributed by atoms with van der Waals surface area (Å²) >= 11 is 1.57. The number of nitrogens with one attached hydrogen (secondary N) is 2. The van der Waals surface area contributed by atoms with Gasteiger partial charge in [0.15, 0.2) is 0 Å². The summed E-state index contributed by atoms with van der Waals surface area (Å²) < 4.78 is 1.94. The van der Waals surface area contributed by atoms with E-state index in [-0.39, 0.29) is 5.91 Å². The molecule has 0 atom stereocenters. The van der Waals surface area contributed by atoms with Gasteiger partial charge in [0.2, 0.25) is 0 Å². The first-order valence-electron chi connectivity index (χ1n) is 9.80. The third-order valence-corrected chi connectivity index (χ3v) is 6.22. The summed E-state index contributed by atoms with van der Waals surface area (Å²) in [5.41, 5.74) is 2.97. The number of hydrogen-bond donors (Lipinski definition) is 2. The van der Waals surface area contributed by atoms with E-state index in [1.54, 1.807) is 17.5 Å².